The molecule has 140 valence electrons. The van der Waals surface area contributed by atoms with Crippen LogP contribution in [0.1, 0.15) is 49.7 Å². The lowest BCUT2D eigenvalue weighted by Gasteiger charge is -2.35. The smallest absolute Gasteiger partial charge is 0.310 e. The summed E-state index contributed by atoms with van der Waals surface area (Å²) in [6, 6.07) is 7.40. The van der Waals surface area contributed by atoms with Crippen LogP contribution in [-0.2, 0) is 25.7 Å². The van der Waals surface area contributed by atoms with Crippen molar-refractivity contribution < 1.29 is 24.2 Å². The minimum absolute atomic E-state index is 0.0439. The monoisotopic (exact) mass is 360 g/mol. The largest absolute Gasteiger partial charge is 0.481 e. The summed E-state index contributed by atoms with van der Waals surface area (Å²) in [7, 11) is 0. The predicted molar refractivity (Wildman–Crippen MR) is 93.7 cm³/mol. The molecule has 1 heterocycles. The van der Waals surface area contributed by atoms with Gasteiger partial charge in [0.1, 0.15) is 11.4 Å². The molecule has 1 spiro atoms. The Morgan fingerprint density at radius 2 is 1.96 bits per heavy atom. The SMILES string of the molecule is N=C(N)c1ccc(COC2CCC3(CC2)CC(CC(=O)O)C(=O)O3)cc1. The van der Waals surface area contributed by atoms with Gasteiger partial charge in [0.25, 0.3) is 0 Å². The molecule has 2 fully saturated rings. The third kappa shape index (κ3) is 4.22. The van der Waals surface area contributed by atoms with Crippen molar-refractivity contribution in [2.24, 2.45) is 11.7 Å². The summed E-state index contributed by atoms with van der Waals surface area (Å²) in [6.45, 7) is 0.483. The number of rotatable bonds is 6. The topological polar surface area (TPSA) is 123 Å². The second-order valence-corrected chi connectivity index (χ2v) is 7.22. The first-order chi connectivity index (χ1) is 12.4. The first kappa shape index (κ1) is 18.4. The van der Waals surface area contributed by atoms with Gasteiger partial charge in [0.2, 0.25) is 0 Å². The summed E-state index contributed by atoms with van der Waals surface area (Å²) in [5.41, 5.74) is 6.65. The highest BCUT2D eigenvalue weighted by atomic mass is 16.6. The Kier molecular flexibility index (Phi) is 5.27. The van der Waals surface area contributed by atoms with E-state index in [1.807, 2.05) is 12.1 Å². The van der Waals surface area contributed by atoms with E-state index in [1.165, 1.54) is 0 Å². The molecule has 1 aliphatic carbocycles. The second kappa shape index (κ2) is 7.45. The molecule has 1 unspecified atom stereocenters. The van der Waals surface area contributed by atoms with Gasteiger partial charge in [-0.15, -0.1) is 0 Å². The van der Waals surface area contributed by atoms with E-state index >= 15 is 0 Å². The number of amidine groups is 1. The Bertz CT molecular complexity index is 692. The predicted octanol–water partition coefficient (Wildman–Crippen LogP) is 2.21. The number of carbonyl (C=O) groups excluding carboxylic acids is 1. The first-order valence-corrected chi connectivity index (χ1v) is 8.86. The Morgan fingerprint density at radius 3 is 2.54 bits per heavy atom. The van der Waals surface area contributed by atoms with Crippen LogP contribution in [0, 0.1) is 11.3 Å². The molecule has 0 radical (unpaired) electrons. The molecule has 0 bridgehead atoms. The highest BCUT2D eigenvalue weighted by Gasteiger charge is 2.49. The fourth-order valence-corrected chi connectivity index (χ4v) is 3.82. The molecule has 1 atom stereocenters. The summed E-state index contributed by atoms with van der Waals surface area (Å²) in [5.74, 6) is -1.82. The van der Waals surface area contributed by atoms with E-state index in [0.717, 1.165) is 18.4 Å². The van der Waals surface area contributed by atoms with Crippen LogP contribution in [0.25, 0.3) is 0 Å². The lowest BCUT2D eigenvalue weighted by atomic mass is 9.79. The lowest BCUT2D eigenvalue weighted by Crippen LogP contribution is -2.36. The third-order valence-corrected chi connectivity index (χ3v) is 5.28. The van der Waals surface area contributed by atoms with E-state index < -0.39 is 17.5 Å². The Morgan fingerprint density at radius 1 is 1.31 bits per heavy atom. The van der Waals surface area contributed by atoms with Crippen LogP contribution in [0.4, 0.5) is 0 Å². The van der Waals surface area contributed by atoms with E-state index in [4.69, 9.17) is 25.7 Å². The van der Waals surface area contributed by atoms with Crippen molar-refractivity contribution in [3.05, 3.63) is 35.4 Å². The number of carboxylic acids is 1. The molecule has 1 aliphatic heterocycles. The summed E-state index contributed by atoms with van der Waals surface area (Å²) in [4.78, 5) is 22.8. The average Bonchev–Trinajstić information content (AvgIpc) is 2.89. The highest BCUT2D eigenvalue weighted by molar-refractivity contribution is 5.94. The molecule has 3 rings (SSSR count). The van der Waals surface area contributed by atoms with Gasteiger partial charge in [-0.2, -0.15) is 0 Å². The van der Waals surface area contributed by atoms with Crippen LogP contribution in [-0.4, -0.2) is 34.6 Å². The van der Waals surface area contributed by atoms with Gasteiger partial charge in [-0.25, -0.2) is 0 Å². The number of carbonyl (C=O) groups is 2. The maximum Gasteiger partial charge on any atom is 0.310 e. The van der Waals surface area contributed by atoms with Crippen molar-refractivity contribution in [2.75, 3.05) is 0 Å². The molecule has 1 aromatic rings. The Balaban J connectivity index is 1.47. The quantitative estimate of drug-likeness (QED) is 0.406. The molecule has 1 saturated heterocycles. The molecular weight excluding hydrogens is 336 g/mol. The Labute approximate surface area is 152 Å². The molecule has 7 heteroatoms. The zero-order valence-electron chi connectivity index (χ0n) is 14.6. The molecule has 0 amide bonds. The van der Waals surface area contributed by atoms with Crippen LogP contribution in [0.2, 0.25) is 0 Å². The van der Waals surface area contributed by atoms with Crippen molar-refractivity contribution in [2.45, 2.75) is 56.8 Å². The molecule has 26 heavy (non-hydrogen) atoms. The number of nitrogens with two attached hydrogens (primary N) is 1. The molecule has 0 aromatic heterocycles. The van der Waals surface area contributed by atoms with Gasteiger partial charge >= 0.3 is 11.9 Å². The van der Waals surface area contributed by atoms with E-state index in [-0.39, 0.29) is 24.3 Å². The van der Waals surface area contributed by atoms with Crippen LogP contribution < -0.4 is 5.73 Å². The van der Waals surface area contributed by atoms with Crippen molar-refractivity contribution in [3.63, 3.8) is 0 Å². The summed E-state index contributed by atoms with van der Waals surface area (Å²) < 4.78 is 11.5. The normalized spacial score (nSPS) is 28.1. The number of hydrogen-bond donors (Lipinski definition) is 3. The van der Waals surface area contributed by atoms with E-state index in [9.17, 15) is 9.59 Å². The standard InChI is InChI=1S/C19H24N2O5/c20-17(21)13-3-1-12(2-4-13)11-25-15-5-7-19(8-6-15)10-14(9-16(22)23)18(24)26-19/h1-4,14-15H,5-11H2,(H3,20,21)(H,22,23). The number of benzene rings is 1. The zero-order valence-corrected chi connectivity index (χ0v) is 14.6. The van der Waals surface area contributed by atoms with Gasteiger partial charge < -0.3 is 20.3 Å². The zero-order chi connectivity index (χ0) is 18.7. The molecule has 1 saturated carbocycles. The minimum atomic E-state index is -0.961. The summed E-state index contributed by atoms with van der Waals surface area (Å²) in [5, 5.41) is 16.3. The van der Waals surface area contributed by atoms with Gasteiger partial charge in [-0.3, -0.25) is 15.0 Å². The van der Waals surface area contributed by atoms with E-state index in [2.05, 4.69) is 0 Å². The van der Waals surface area contributed by atoms with Crippen molar-refractivity contribution in [3.8, 4) is 0 Å². The molecular formula is C19H24N2O5. The second-order valence-electron chi connectivity index (χ2n) is 7.22. The molecule has 4 N–H and O–H groups in total. The number of esters is 1. The van der Waals surface area contributed by atoms with Crippen LogP contribution >= 0.6 is 0 Å². The maximum absolute atomic E-state index is 11.9. The number of nitrogens with one attached hydrogen (secondary N) is 1. The maximum atomic E-state index is 11.9. The number of nitrogen functional groups attached to an aromatic ring is 1. The van der Waals surface area contributed by atoms with Crippen LogP contribution in [0.15, 0.2) is 24.3 Å². The Hall–Kier alpha value is -2.41. The number of ether oxygens (including phenoxy) is 2. The fourth-order valence-electron chi connectivity index (χ4n) is 3.82. The van der Waals surface area contributed by atoms with Gasteiger partial charge in [-0.05, 0) is 31.2 Å². The van der Waals surface area contributed by atoms with Gasteiger partial charge in [-0.1, -0.05) is 24.3 Å². The van der Waals surface area contributed by atoms with Gasteiger partial charge in [0, 0.05) is 12.0 Å². The van der Waals surface area contributed by atoms with Gasteiger partial charge in [0.05, 0.1) is 25.0 Å². The average molecular weight is 360 g/mol. The molecule has 2 aliphatic rings. The number of carboxylic acid groups (broad SMARTS) is 1. The van der Waals surface area contributed by atoms with Gasteiger partial charge in [0.15, 0.2) is 0 Å². The van der Waals surface area contributed by atoms with Crippen molar-refractivity contribution >= 4 is 17.8 Å². The van der Waals surface area contributed by atoms with Crippen molar-refractivity contribution in [1.29, 1.82) is 5.41 Å². The lowest BCUT2D eigenvalue weighted by molar-refractivity contribution is -0.156. The van der Waals surface area contributed by atoms with E-state index in [0.29, 0.717) is 31.4 Å². The minimum Gasteiger partial charge on any atom is -0.481 e. The fraction of sp³-hybridized carbons (Fsp3) is 0.526. The van der Waals surface area contributed by atoms with E-state index in [1.54, 1.807) is 12.1 Å². The van der Waals surface area contributed by atoms with Crippen molar-refractivity contribution in [1.82, 2.24) is 0 Å². The first-order valence-electron chi connectivity index (χ1n) is 8.86. The number of hydrogen-bond acceptors (Lipinski definition) is 5. The molecule has 1 aromatic carbocycles. The highest BCUT2D eigenvalue weighted by Crippen LogP contribution is 2.44. The van der Waals surface area contributed by atoms with Crippen LogP contribution in [0.3, 0.4) is 0 Å². The van der Waals surface area contributed by atoms with Crippen LogP contribution in [0.5, 0.6) is 0 Å². The number of aliphatic carboxylic acids is 1. The third-order valence-electron chi connectivity index (χ3n) is 5.28. The summed E-state index contributed by atoms with van der Waals surface area (Å²) >= 11 is 0. The molecule has 7 nitrogen and oxygen atoms in total. The summed E-state index contributed by atoms with van der Waals surface area (Å²) in [6.07, 6.45) is 3.45.